The van der Waals surface area contributed by atoms with E-state index < -0.39 is 0 Å². The molecule has 0 unspecified atom stereocenters. The van der Waals surface area contributed by atoms with Crippen molar-refractivity contribution in [1.82, 2.24) is 16.0 Å². The van der Waals surface area contributed by atoms with Gasteiger partial charge in [0.25, 0.3) is 0 Å². The van der Waals surface area contributed by atoms with E-state index in [4.69, 9.17) is 0 Å². The Morgan fingerprint density at radius 3 is 2.81 bits per heavy atom. The molecule has 1 fully saturated rings. The first-order valence-corrected chi connectivity index (χ1v) is 9.62. The van der Waals surface area contributed by atoms with E-state index in [1.165, 1.54) is 45.7 Å². The van der Waals surface area contributed by atoms with Crippen LogP contribution in [0, 0.1) is 0 Å². The van der Waals surface area contributed by atoms with Crippen LogP contribution in [-0.4, -0.2) is 32.7 Å². The number of benzene rings is 2. The minimum atomic E-state index is 0.543. The Bertz CT molecular complexity index is 882. The van der Waals surface area contributed by atoms with Crippen molar-refractivity contribution in [2.45, 2.75) is 25.4 Å². The van der Waals surface area contributed by atoms with Crippen LogP contribution in [0.1, 0.15) is 18.4 Å². The Morgan fingerprint density at radius 1 is 1.08 bits per heavy atom. The second kappa shape index (κ2) is 7.94. The molecular weight excluding hydrogens is 320 g/mol. The zero-order valence-electron chi connectivity index (χ0n) is 15.4. The average molecular weight is 348 g/mol. The van der Waals surface area contributed by atoms with Crippen molar-refractivity contribution in [1.29, 1.82) is 0 Å². The van der Waals surface area contributed by atoms with Crippen LogP contribution < -0.4 is 31.7 Å². The summed E-state index contributed by atoms with van der Waals surface area (Å²) in [5.41, 5.74) is 5.12. The molecule has 2 heterocycles. The second-order valence-corrected chi connectivity index (χ2v) is 7.18. The van der Waals surface area contributed by atoms with Crippen molar-refractivity contribution in [3.05, 3.63) is 52.4 Å². The summed E-state index contributed by atoms with van der Waals surface area (Å²) in [4.78, 5) is 0. The Kier molecular flexibility index (Phi) is 5.23. The number of hydrogen-bond acceptors (Lipinski definition) is 4. The highest BCUT2D eigenvalue weighted by Gasteiger charge is 2.14. The molecule has 0 saturated carbocycles. The van der Waals surface area contributed by atoms with Gasteiger partial charge in [0.2, 0.25) is 0 Å². The number of rotatable bonds is 5. The molecule has 4 nitrogen and oxygen atoms in total. The molecule has 1 saturated heterocycles. The van der Waals surface area contributed by atoms with E-state index in [0.717, 1.165) is 26.2 Å². The normalized spacial score (nSPS) is 16.8. The quantitative estimate of drug-likeness (QED) is 0.659. The van der Waals surface area contributed by atoms with Crippen LogP contribution in [0.4, 0.5) is 5.69 Å². The van der Waals surface area contributed by atoms with Gasteiger partial charge >= 0.3 is 0 Å². The largest absolute Gasteiger partial charge is 0.387 e. The van der Waals surface area contributed by atoms with E-state index >= 15 is 0 Å². The highest BCUT2D eigenvalue weighted by atomic mass is 15.0. The monoisotopic (exact) mass is 348 g/mol. The molecule has 0 atom stereocenters. The van der Waals surface area contributed by atoms with E-state index in [9.17, 15) is 0 Å². The van der Waals surface area contributed by atoms with Crippen molar-refractivity contribution in [2.75, 3.05) is 32.0 Å². The van der Waals surface area contributed by atoms with E-state index in [1.54, 1.807) is 0 Å². The fourth-order valence-electron chi connectivity index (χ4n) is 3.87. The Labute approximate surface area is 155 Å². The van der Waals surface area contributed by atoms with Gasteiger partial charge in [0.05, 0.1) is 0 Å². The molecule has 4 N–H and O–H groups in total. The third-order valence-electron chi connectivity index (χ3n) is 5.24. The first-order valence-electron chi connectivity index (χ1n) is 9.62. The van der Waals surface area contributed by atoms with Crippen LogP contribution in [0.25, 0.3) is 23.4 Å². The number of anilines is 1. The minimum absolute atomic E-state index is 0.543. The van der Waals surface area contributed by atoms with Gasteiger partial charge in [-0.25, -0.2) is 0 Å². The third kappa shape index (κ3) is 3.76. The van der Waals surface area contributed by atoms with E-state index in [2.05, 4.69) is 69.9 Å². The van der Waals surface area contributed by atoms with E-state index in [1.807, 2.05) is 7.05 Å². The number of nitrogens with one attached hydrogen (secondary N) is 4. The summed E-state index contributed by atoms with van der Waals surface area (Å²) in [6.07, 6.45) is 6.78. The lowest BCUT2D eigenvalue weighted by Crippen LogP contribution is -2.40. The summed E-state index contributed by atoms with van der Waals surface area (Å²) >= 11 is 0. The summed E-state index contributed by atoms with van der Waals surface area (Å²) in [6, 6.07) is 14.0. The Hall–Kier alpha value is -2.30. The molecular formula is C22H28N4. The summed E-state index contributed by atoms with van der Waals surface area (Å²) in [6.45, 7) is 3.98. The highest BCUT2D eigenvalue weighted by Crippen LogP contribution is 2.22. The Balaban J connectivity index is 1.74. The average Bonchev–Trinajstić information content (AvgIpc) is 2.69. The maximum absolute atomic E-state index is 3.82. The predicted octanol–water partition coefficient (Wildman–Crippen LogP) is 1.36. The van der Waals surface area contributed by atoms with Gasteiger partial charge < -0.3 is 21.3 Å². The molecule has 2 aromatic rings. The maximum atomic E-state index is 3.82. The molecule has 0 aliphatic carbocycles. The summed E-state index contributed by atoms with van der Waals surface area (Å²) in [5, 5.41) is 16.5. The van der Waals surface area contributed by atoms with Crippen molar-refractivity contribution >= 4 is 18.0 Å². The van der Waals surface area contributed by atoms with Crippen LogP contribution in [0.5, 0.6) is 0 Å². The molecule has 0 bridgehead atoms. The van der Waals surface area contributed by atoms with Crippen LogP contribution in [0.2, 0.25) is 0 Å². The lowest BCUT2D eigenvalue weighted by Gasteiger charge is -2.25. The SMILES string of the molecule is CNCc1cccc(-c2cc(NC3CCNCC3)c3c(c2)=CCNC=3)c1. The second-order valence-electron chi connectivity index (χ2n) is 7.18. The first-order chi connectivity index (χ1) is 12.8. The first kappa shape index (κ1) is 17.1. The molecule has 4 heteroatoms. The number of piperidine rings is 1. The maximum Gasteiger partial charge on any atom is 0.0442 e. The summed E-state index contributed by atoms with van der Waals surface area (Å²) in [7, 11) is 1.99. The van der Waals surface area contributed by atoms with Crippen LogP contribution in [0.15, 0.2) is 36.4 Å². The Morgan fingerprint density at radius 2 is 1.96 bits per heavy atom. The molecule has 0 spiro atoms. The van der Waals surface area contributed by atoms with Gasteiger partial charge in [-0.2, -0.15) is 0 Å². The number of hydrogen-bond donors (Lipinski definition) is 4. The fourth-order valence-corrected chi connectivity index (χ4v) is 3.87. The van der Waals surface area contributed by atoms with Crippen LogP contribution in [-0.2, 0) is 6.54 Å². The fraction of sp³-hybridized carbons (Fsp3) is 0.364. The van der Waals surface area contributed by atoms with E-state index in [0.29, 0.717) is 6.04 Å². The van der Waals surface area contributed by atoms with Gasteiger partial charge in [0.1, 0.15) is 0 Å². The lowest BCUT2D eigenvalue weighted by molar-refractivity contribution is 0.479. The smallest absolute Gasteiger partial charge is 0.0442 e. The van der Waals surface area contributed by atoms with Crippen LogP contribution >= 0.6 is 0 Å². The van der Waals surface area contributed by atoms with E-state index in [-0.39, 0.29) is 0 Å². The molecule has 0 amide bonds. The molecule has 0 radical (unpaired) electrons. The van der Waals surface area contributed by atoms with Gasteiger partial charge in [0.15, 0.2) is 0 Å². The molecule has 0 aromatic heterocycles. The molecule has 2 aliphatic heterocycles. The molecule has 2 aliphatic rings. The third-order valence-corrected chi connectivity index (χ3v) is 5.24. The van der Waals surface area contributed by atoms with Gasteiger partial charge in [0, 0.05) is 36.2 Å². The standard InChI is InChI=1S/C22H28N4/c1-23-14-16-3-2-4-17(11-16)19-12-18-5-8-25-15-21(18)22(13-19)26-20-6-9-24-10-7-20/h2-5,11-13,15,20,23-26H,6-10,14H2,1H3. The van der Waals surface area contributed by atoms with Gasteiger partial charge in [-0.05, 0) is 73.1 Å². The summed E-state index contributed by atoms with van der Waals surface area (Å²) in [5.74, 6) is 0. The minimum Gasteiger partial charge on any atom is -0.387 e. The van der Waals surface area contributed by atoms with Crippen molar-refractivity contribution in [2.24, 2.45) is 0 Å². The molecule has 26 heavy (non-hydrogen) atoms. The lowest BCUT2D eigenvalue weighted by atomic mass is 9.99. The van der Waals surface area contributed by atoms with Crippen molar-refractivity contribution < 1.29 is 0 Å². The topological polar surface area (TPSA) is 48.1 Å². The molecule has 2 aromatic carbocycles. The highest BCUT2D eigenvalue weighted by molar-refractivity contribution is 5.71. The van der Waals surface area contributed by atoms with Gasteiger partial charge in [-0.3, -0.25) is 0 Å². The van der Waals surface area contributed by atoms with Crippen molar-refractivity contribution in [3.63, 3.8) is 0 Å². The molecule has 4 rings (SSSR count). The zero-order chi connectivity index (χ0) is 17.8. The number of fused-ring (bicyclic) bond motifs is 1. The van der Waals surface area contributed by atoms with Gasteiger partial charge in [-0.1, -0.05) is 24.3 Å². The predicted molar refractivity (Wildman–Crippen MR) is 110 cm³/mol. The summed E-state index contributed by atoms with van der Waals surface area (Å²) < 4.78 is 0. The zero-order valence-corrected chi connectivity index (χ0v) is 15.4. The molecule has 136 valence electrons. The van der Waals surface area contributed by atoms with Crippen LogP contribution in [0.3, 0.4) is 0 Å². The van der Waals surface area contributed by atoms with Gasteiger partial charge in [-0.15, -0.1) is 0 Å². The van der Waals surface area contributed by atoms with Crippen molar-refractivity contribution in [3.8, 4) is 11.1 Å².